The van der Waals surface area contributed by atoms with Gasteiger partial charge in [-0.25, -0.2) is 0 Å². The highest BCUT2D eigenvalue weighted by molar-refractivity contribution is 6.01. The topological polar surface area (TPSA) is 77.8 Å². The summed E-state index contributed by atoms with van der Waals surface area (Å²) in [6, 6.07) is 9.24. The van der Waals surface area contributed by atoms with Gasteiger partial charge in [-0.15, -0.1) is 0 Å². The van der Waals surface area contributed by atoms with Crippen molar-refractivity contribution in [2.45, 2.75) is 13.3 Å². The number of aliphatic hydroxyl groups excluding tert-OH is 2. The fourth-order valence-electron chi connectivity index (χ4n) is 1.94. The summed E-state index contributed by atoms with van der Waals surface area (Å²) in [5, 5.41) is 17.8. The molecular weight excluding hydrogens is 258 g/mol. The van der Waals surface area contributed by atoms with Crippen LogP contribution in [0.4, 0.5) is 0 Å². The zero-order valence-corrected chi connectivity index (χ0v) is 11.7. The predicted molar refractivity (Wildman–Crippen MR) is 75.1 cm³/mol. The van der Waals surface area contributed by atoms with Gasteiger partial charge in [0, 0.05) is 19.5 Å². The lowest BCUT2D eigenvalue weighted by molar-refractivity contribution is -0.141. The Morgan fingerprint density at radius 3 is 2.15 bits per heavy atom. The van der Waals surface area contributed by atoms with E-state index in [2.05, 4.69) is 0 Å². The largest absolute Gasteiger partial charge is 0.395 e. The Kier molecular flexibility index (Phi) is 6.90. The second-order valence-corrected chi connectivity index (χ2v) is 4.62. The zero-order valence-electron chi connectivity index (χ0n) is 11.7. The van der Waals surface area contributed by atoms with Gasteiger partial charge in [-0.1, -0.05) is 30.3 Å². The molecule has 1 rings (SSSR count). The van der Waals surface area contributed by atoms with E-state index in [-0.39, 0.29) is 44.4 Å². The van der Waals surface area contributed by atoms with E-state index >= 15 is 0 Å². The molecule has 1 atom stereocenters. The van der Waals surface area contributed by atoms with E-state index in [1.807, 2.05) is 30.3 Å². The number of carbonyl (C=O) groups excluding carboxylic acids is 2. The van der Waals surface area contributed by atoms with Crippen molar-refractivity contribution in [3.8, 4) is 0 Å². The van der Waals surface area contributed by atoms with Crippen LogP contribution in [0.5, 0.6) is 0 Å². The smallest absolute Gasteiger partial charge is 0.233 e. The maximum absolute atomic E-state index is 12.1. The number of hydrogen-bond acceptors (Lipinski definition) is 4. The second kappa shape index (κ2) is 8.45. The third-order valence-electron chi connectivity index (χ3n) is 3.13. The van der Waals surface area contributed by atoms with Crippen LogP contribution in [0.15, 0.2) is 30.3 Å². The van der Waals surface area contributed by atoms with Crippen molar-refractivity contribution in [2.75, 3.05) is 26.3 Å². The molecule has 0 aliphatic carbocycles. The van der Waals surface area contributed by atoms with E-state index in [1.54, 1.807) is 6.92 Å². The van der Waals surface area contributed by atoms with E-state index in [1.165, 1.54) is 4.90 Å². The molecule has 0 heterocycles. The summed E-state index contributed by atoms with van der Waals surface area (Å²) in [6.07, 6.45) is 0.208. The predicted octanol–water partition coefficient (Wildman–Crippen LogP) is 0.247. The molecule has 5 nitrogen and oxygen atoms in total. The van der Waals surface area contributed by atoms with Crippen molar-refractivity contribution >= 4 is 11.7 Å². The first kappa shape index (κ1) is 16.3. The molecule has 0 saturated carbocycles. The van der Waals surface area contributed by atoms with Gasteiger partial charge in [-0.05, 0) is 12.5 Å². The standard InChI is InChI=1S/C15H21NO4/c1-12(15(20)16(7-9-17)8-10-18)14(19)11-13-5-3-2-4-6-13/h2-6,12,17-18H,7-11H2,1H3. The van der Waals surface area contributed by atoms with Gasteiger partial charge >= 0.3 is 0 Å². The third-order valence-corrected chi connectivity index (χ3v) is 3.13. The fourth-order valence-corrected chi connectivity index (χ4v) is 1.94. The van der Waals surface area contributed by atoms with E-state index in [0.29, 0.717) is 0 Å². The average Bonchev–Trinajstić information content (AvgIpc) is 2.46. The number of aliphatic hydroxyl groups is 2. The van der Waals surface area contributed by atoms with Gasteiger partial charge in [-0.3, -0.25) is 9.59 Å². The summed E-state index contributed by atoms with van der Waals surface area (Å²) in [7, 11) is 0. The van der Waals surface area contributed by atoms with Gasteiger partial charge in [0.25, 0.3) is 0 Å². The minimum Gasteiger partial charge on any atom is -0.395 e. The van der Waals surface area contributed by atoms with Crippen LogP contribution in [0.25, 0.3) is 0 Å². The molecule has 0 saturated heterocycles. The second-order valence-electron chi connectivity index (χ2n) is 4.62. The van der Waals surface area contributed by atoms with Crippen LogP contribution in [0.2, 0.25) is 0 Å². The third kappa shape index (κ3) is 4.75. The molecule has 1 unspecified atom stereocenters. The normalized spacial score (nSPS) is 11.9. The molecule has 110 valence electrons. The van der Waals surface area contributed by atoms with Crippen LogP contribution < -0.4 is 0 Å². The van der Waals surface area contributed by atoms with Gasteiger partial charge in [0.1, 0.15) is 5.78 Å². The number of amides is 1. The Morgan fingerprint density at radius 1 is 1.10 bits per heavy atom. The molecule has 1 amide bonds. The van der Waals surface area contributed by atoms with E-state index in [0.717, 1.165) is 5.56 Å². The number of rotatable bonds is 8. The molecule has 0 bridgehead atoms. The summed E-state index contributed by atoms with van der Waals surface area (Å²) in [4.78, 5) is 25.5. The van der Waals surface area contributed by atoms with Crippen LogP contribution in [-0.4, -0.2) is 53.1 Å². The number of Topliss-reactive ketones (excluding diaryl/α,β-unsaturated/α-hetero) is 1. The average molecular weight is 279 g/mol. The van der Waals surface area contributed by atoms with Gasteiger partial charge in [0.2, 0.25) is 5.91 Å². The zero-order chi connectivity index (χ0) is 15.0. The Morgan fingerprint density at radius 2 is 1.65 bits per heavy atom. The molecule has 0 aliphatic rings. The number of nitrogens with zero attached hydrogens (tertiary/aromatic N) is 1. The molecule has 1 aromatic rings. The lowest BCUT2D eigenvalue weighted by Crippen LogP contribution is -2.41. The molecule has 2 N–H and O–H groups in total. The van der Waals surface area contributed by atoms with Crippen LogP contribution in [-0.2, 0) is 16.0 Å². The quantitative estimate of drug-likeness (QED) is 0.669. The summed E-state index contributed by atoms with van der Waals surface area (Å²) in [5.74, 6) is -1.29. The van der Waals surface area contributed by atoms with E-state index in [4.69, 9.17) is 10.2 Å². The van der Waals surface area contributed by atoms with Gasteiger partial charge < -0.3 is 15.1 Å². The summed E-state index contributed by atoms with van der Waals surface area (Å²) >= 11 is 0. The first-order chi connectivity index (χ1) is 9.60. The van der Waals surface area contributed by atoms with Crippen molar-refractivity contribution in [2.24, 2.45) is 5.92 Å². The lowest BCUT2D eigenvalue weighted by atomic mass is 9.98. The Bertz CT molecular complexity index is 427. The van der Waals surface area contributed by atoms with Gasteiger partial charge in [0.15, 0.2) is 0 Å². The number of benzene rings is 1. The van der Waals surface area contributed by atoms with Gasteiger partial charge in [0.05, 0.1) is 19.1 Å². The lowest BCUT2D eigenvalue weighted by Gasteiger charge is -2.23. The number of carbonyl (C=O) groups is 2. The number of ketones is 1. The van der Waals surface area contributed by atoms with Crippen molar-refractivity contribution < 1.29 is 19.8 Å². The molecule has 0 fully saturated rings. The molecule has 0 spiro atoms. The Balaban J connectivity index is 2.64. The molecule has 0 aliphatic heterocycles. The summed E-state index contributed by atoms with van der Waals surface area (Å²) in [5.41, 5.74) is 0.869. The minimum atomic E-state index is -0.770. The Labute approximate surface area is 118 Å². The molecule has 0 radical (unpaired) electrons. The highest BCUT2D eigenvalue weighted by atomic mass is 16.3. The first-order valence-corrected chi connectivity index (χ1v) is 6.67. The van der Waals surface area contributed by atoms with Crippen molar-refractivity contribution in [1.29, 1.82) is 0 Å². The summed E-state index contributed by atoms with van der Waals surface area (Å²) in [6.45, 7) is 1.44. The van der Waals surface area contributed by atoms with E-state index < -0.39 is 5.92 Å². The van der Waals surface area contributed by atoms with Crippen LogP contribution in [0, 0.1) is 5.92 Å². The molecule has 5 heteroatoms. The SMILES string of the molecule is CC(C(=O)Cc1ccccc1)C(=O)N(CCO)CCO. The number of hydrogen-bond donors (Lipinski definition) is 2. The molecule has 1 aromatic carbocycles. The van der Waals surface area contributed by atoms with Crippen molar-refractivity contribution in [1.82, 2.24) is 4.90 Å². The highest BCUT2D eigenvalue weighted by Crippen LogP contribution is 2.09. The molecule has 0 aromatic heterocycles. The maximum Gasteiger partial charge on any atom is 0.233 e. The van der Waals surface area contributed by atoms with Gasteiger partial charge in [-0.2, -0.15) is 0 Å². The molecule has 20 heavy (non-hydrogen) atoms. The van der Waals surface area contributed by atoms with Crippen molar-refractivity contribution in [3.63, 3.8) is 0 Å². The first-order valence-electron chi connectivity index (χ1n) is 6.67. The monoisotopic (exact) mass is 279 g/mol. The highest BCUT2D eigenvalue weighted by Gasteiger charge is 2.25. The maximum atomic E-state index is 12.1. The fraction of sp³-hybridized carbons (Fsp3) is 0.467. The summed E-state index contributed by atoms with van der Waals surface area (Å²) < 4.78 is 0. The van der Waals surface area contributed by atoms with Crippen molar-refractivity contribution in [3.05, 3.63) is 35.9 Å². The van der Waals surface area contributed by atoms with Crippen LogP contribution in [0.1, 0.15) is 12.5 Å². The minimum absolute atomic E-state index is 0.127. The van der Waals surface area contributed by atoms with E-state index in [9.17, 15) is 9.59 Å². The van der Waals surface area contributed by atoms with Crippen LogP contribution >= 0.6 is 0 Å². The molecular formula is C15H21NO4. The van der Waals surface area contributed by atoms with Crippen LogP contribution in [0.3, 0.4) is 0 Å². The Hall–Kier alpha value is -1.72.